The fourth-order valence-corrected chi connectivity index (χ4v) is 2.16. The molecule has 0 spiro atoms. The van der Waals surface area contributed by atoms with Gasteiger partial charge in [0.25, 0.3) is 0 Å². The summed E-state index contributed by atoms with van der Waals surface area (Å²) in [6.45, 7) is 0. The average molecular weight is 282 g/mol. The molecule has 0 amide bonds. The predicted octanol–water partition coefficient (Wildman–Crippen LogP) is 3.13. The smallest absolute Gasteiger partial charge is 0.133 e. The molecule has 0 radical (unpaired) electrons. The normalized spacial score (nSPS) is 11.9. The lowest BCUT2D eigenvalue weighted by Gasteiger charge is -2.16. The highest BCUT2D eigenvalue weighted by Gasteiger charge is 2.10. The van der Waals surface area contributed by atoms with Gasteiger partial charge in [0.2, 0.25) is 0 Å². The molecule has 1 atom stereocenters. The summed E-state index contributed by atoms with van der Waals surface area (Å²) >= 11 is 3.48. The topological polar surface area (TPSA) is 21.3 Å². The first-order valence-electron chi connectivity index (χ1n) is 5.17. The molecule has 1 aromatic carbocycles. The molecule has 0 bridgehead atoms. The Labute approximate surface area is 106 Å². The molecule has 0 heterocycles. The van der Waals surface area contributed by atoms with Crippen LogP contribution in [0.5, 0.6) is 5.75 Å². The number of halogens is 1. The summed E-state index contributed by atoms with van der Waals surface area (Å²) in [6, 6.07) is 6.37. The number of hydrogen-bond acceptors (Lipinski definition) is 2. The van der Waals surface area contributed by atoms with Gasteiger partial charge in [-0.1, -0.05) is 6.07 Å². The molecule has 0 fully saturated rings. The van der Waals surface area contributed by atoms with Crippen LogP contribution in [0.3, 0.4) is 0 Å². The number of ether oxygens (including phenoxy) is 1. The summed E-state index contributed by atoms with van der Waals surface area (Å²) in [4.78, 5) is 0. The van der Waals surface area contributed by atoms with Crippen LogP contribution in [0.1, 0.15) is 24.4 Å². The van der Waals surface area contributed by atoms with Gasteiger partial charge >= 0.3 is 0 Å². The van der Waals surface area contributed by atoms with E-state index in [-0.39, 0.29) is 0 Å². The third-order valence-corrected chi connectivity index (χ3v) is 3.12. The summed E-state index contributed by atoms with van der Waals surface area (Å²) in [5.41, 5.74) is 1.21. The molecule has 1 rings (SSSR count). The third kappa shape index (κ3) is 3.26. The number of terminal acetylenes is 1. The maximum absolute atomic E-state index is 5.28. The van der Waals surface area contributed by atoms with E-state index in [1.54, 1.807) is 7.11 Å². The van der Waals surface area contributed by atoms with E-state index in [1.165, 1.54) is 5.56 Å². The van der Waals surface area contributed by atoms with E-state index in [1.807, 2.05) is 13.1 Å². The molecule has 1 aromatic rings. The highest BCUT2D eigenvalue weighted by molar-refractivity contribution is 9.10. The van der Waals surface area contributed by atoms with Crippen molar-refractivity contribution < 1.29 is 4.74 Å². The molecule has 86 valence electrons. The van der Waals surface area contributed by atoms with Crippen LogP contribution in [-0.2, 0) is 0 Å². The number of benzene rings is 1. The standard InChI is InChI=1S/C13H16BrNO/c1-4-5-6-12(15-2)10-7-8-13(16-3)11(14)9-10/h1,7-9,12,15H,5-6H2,2-3H3. The Morgan fingerprint density at radius 1 is 1.56 bits per heavy atom. The van der Waals surface area contributed by atoms with Gasteiger partial charge in [-0.15, -0.1) is 12.3 Å². The van der Waals surface area contributed by atoms with Crippen molar-refractivity contribution in [3.63, 3.8) is 0 Å². The van der Waals surface area contributed by atoms with Crippen LogP contribution in [0.2, 0.25) is 0 Å². The van der Waals surface area contributed by atoms with Gasteiger partial charge in [-0.2, -0.15) is 0 Å². The van der Waals surface area contributed by atoms with Crippen molar-refractivity contribution in [1.29, 1.82) is 0 Å². The van der Waals surface area contributed by atoms with Crippen molar-refractivity contribution in [2.75, 3.05) is 14.2 Å². The fourth-order valence-electron chi connectivity index (χ4n) is 1.60. The van der Waals surface area contributed by atoms with E-state index in [0.717, 1.165) is 23.1 Å². The number of rotatable bonds is 5. The maximum atomic E-state index is 5.28. The van der Waals surface area contributed by atoms with Crippen molar-refractivity contribution >= 4 is 15.9 Å². The minimum Gasteiger partial charge on any atom is -0.496 e. The zero-order valence-electron chi connectivity index (χ0n) is 9.59. The van der Waals surface area contributed by atoms with Crippen LogP contribution in [0.4, 0.5) is 0 Å². The van der Waals surface area contributed by atoms with Crippen LogP contribution in [0, 0.1) is 12.3 Å². The summed E-state index contributed by atoms with van der Waals surface area (Å²) < 4.78 is 6.16. The molecule has 3 heteroatoms. The highest BCUT2D eigenvalue weighted by Crippen LogP contribution is 2.29. The van der Waals surface area contributed by atoms with Gasteiger partial charge in [0.05, 0.1) is 11.6 Å². The molecule has 0 saturated carbocycles. The SMILES string of the molecule is C#CCCC(NC)c1ccc(OC)c(Br)c1. The van der Waals surface area contributed by atoms with Crippen LogP contribution < -0.4 is 10.1 Å². The second kappa shape index (κ2) is 6.57. The lowest BCUT2D eigenvalue weighted by molar-refractivity contribution is 0.411. The minimum atomic E-state index is 0.290. The van der Waals surface area contributed by atoms with Crippen molar-refractivity contribution in [1.82, 2.24) is 5.32 Å². The van der Waals surface area contributed by atoms with Crippen LogP contribution in [0.15, 0.2) is 22.7 Å². The van der Waals surface area contributed by atoms with Crippen molar-refractivity contribution in [2.45, 2.75) is 18.9 Å². The summed E-state index contributed by atoms with van der Waals surface area (Å²) in [6.07, 6.45) is 6.99. The quantitative estimate of drug-likeness (QED) is 0.838. The molecule has 16 heavy (non-hydrogen) atoms. The monoisotopic (exact) mass is 281 g/mol. The second-order valence-corrected chi connectivity index (χ2v) is 4.33. The predicted molar refractivity (Wildman–Crippen MR) is 70.6 cm³/mol. The van der Waals surface area contributed by atoms with E-state index in [2.05, 4.69) is 39.3 Å². The summed E-state index contributed by atoms with van der Waals surface area (Å²) in [5, 5.41) is 3.26. The molecule has 0 aromatic heterocycles. The first-order valence-corrected chi connectivity index (χ1v) is 5.96. The number of methoxy groups -OCH3 is 1. The van der Waals surface area contributed by atoms with Gasteiger partial charge in [-0.25, -0.2) is 0 Å². The summed E-state index contributed by atoms with van der Waals surface area (Å²) in [7, 11) is 3.60. The second-order valence-electron chi connectivity index (χ2n) is 3.48. The molecular formula is C13H16BrNO. The molecule has 0 saturated heterocycles. The average Bonchev–Trinajstić information content (AvgIpc) is 2.30. The van der Waals surface area contributed by atoms with Crippen molar-refractivity contribution in [2.24, 2.45) is 0 Å². The van der Waals surface area contributed by atoms with E-state index in [4.69, 9.17) is 11.2 Å². The molecule has 2 nitrogen and oxygen atoms in total. The molecule has 1 N–H and O–H groups in total. The fraction of sp³-hybridized carbons (Fsp3) is 0.385. The first kappa shape index (κ1) is 13.1. The van der Waals surface area contributed by atoms with Crippen molar-refractivity contribution in [3.05, 3.63) is 28.2 Å². The Kier molecular flexibility index (Phi) is 5.37. The lowest BCUT2D eigenvalue weighted by Crippen LogP contribution is -2.16. The van der Waals surface area contributed by atoms with Gasteiger partial charge in [0.1, 0.15) is 5.75 Å². The highest BCUT2D eigenvalue weighted by atomic mass is 79.9. The lowest BCUT2D eigenvalue weighted by atomic mass is 10.0. The van der Waals surface area contributed by atoms with Crippen LogP contribution in [0.25, 0.3) is 0 Å². The Bertz CT molecular complexity index is 384. The van der Waals surface area contributed by atoms with E-state index in [0.29, 0.717) is 6.04 Å². The van der Waals surface area contributed by atoms with Gasteiger partial charge in [0, 0.05) is 12.5 Å². The largest absolute Gasteiger partial charge is 0.496 e. The Hall–Kier alpha value is -0.980. The van der Waals surface area contributed by atoms with Crippen LogP contribution in [-0.4, -0.2) is 14.2 Å². The Morgan fingerprint density at radius 3 is 2.81 bits per heavy atom. The zero-order chi connectivity index (χ0) is 12.0. The van der Waals surface area contributed by atoms with Crippen LogP contribution >= 0.6 is 15.9 Å². The zero-order valence-corrected chi connectivity index (χ0v) is 11.2. The van der Waals surface area contributed by atoms with E-state index in [9.17, 15) is 0 Å². The maximum Gasteiger partial charge on any atom is 0.133 e. The first-order chi connectivity index (χ1) is 7.72. The van der Waals surface area contributed by atoms with Gasteiger partial charge < -0.3 is 10.1 Å². The van der Waals surface area contributed by atoms with Crippen molar-refractivity contribution in [3.8, 4) is 18.1 Å². The van der Waals surface area contributed by atoms with E-state index < -0.39 is 0 Å². The van der Waals surface area contributed by atoms with Gasteiger partial charge in [-0.3, -0.25) is 0 Å². The number of nitrogens with one attached hydrogen (secondary N) is 1. The summed E-state index contributed by atoms with van der Waals surface area (Å²) in [5.74, 6) is 3.51. The molecule has 0 aliphatic rings. The third-order valence-electron chi connectivity index (χ3n) is 2.50. The molecule has 0 aliphatic carbocycles. The Balaban J connectivity index is 2.85. The number of hydrogen-bond donors (Lipinski definition) is 1. The Morgan fingerprint density at radius 2 is 2.31 bits per heavy atom. The molecular weight excluding hydrogens is 266 g/mol. The van der Waals surface area contributed by atoms with Gasteiger partial charge in [-0.05, 0) is 47.1 Å². The molecule has 1 unspecified atom stereocenters. The van der Waals surface area contributed by atoms with Gasteiger partial charge in [0.15, 0.2) is 0 Å². The minimum absolute atomic E-state index is 0.290. The van der Waals surface area contributed by atoms with E-state index >= 15 is 0 Å². The molecule has 0 aliphatic heterocycles.